The molecule has 0 amide bonds. The van der Waals surface area contributed by atoms with Crippen molar-refractivity contribution >= 4 is 33.2 Å². The molecule has 1 N–H and O–H groups in total. The summed E-state index contributed by atoms with van der Waals surface area (Å²) in [7, 11) is 0. The molecule has 0 bridgehead atoms. The largest absolute Gasteiger partial charge is 0.306 e. The van der Waals surface area contributed by atoms with Crippen molar-refractivity contribution in [3.8, 4) is 22.5 Å². The Bertz CT molecular complexity index is 1240. The quantitative estimate of drug-likeness (QED) is 0.456. The summed E-state index contributed by atoms with van der Waals surface area (Å²) in [4.78, 5) is 21.0. The predicted octanol–water partition coefficient (Wildman–Crippen LogP) is 5.87. The molecule has 4 aromatic rings. The van der Waals surface area contributed by atoms with E-state index < -0.39 is 17.2 Å². The summed E-state index contributed by atoms with van der Waals surface area (Å²) in [5.74, 6) is -1.68. The Labute approximate surface area is 162 Å². The van der Waals surface area contributed by atoms with Crippen LogP contribution in [0.2, 0.25) is 5.02 Å². The number of H-pyrrole nitrogens is 1. The Kier molecular flexibility index (Phi) is 4.32. The SMILES string of the molecule is Cc1cc(-c2c(C)sc3nc(-c4c(F)cccc4F)[nH]c(=O)c23)ccc1Cl. The van der Waals surface area contributed by atoms with Crippen LogP contribution in [0.5, 0.6) is 0 Å². The number of thiophene rings is 1. The van der Waals surface area contributed by atoms with Crippen LogP contribution in [0.15, 0.2) is 41.2 Å². The first-order valence-electron chi connectivity index (χ1n) is 8.11. The molecule has 0 atom stereocenters. The first-order chi connectivity index (χ1) is 12.9. The number of aryl methyl sites for hydroxylation is 2. The Morgan fingerprint density at radius 1 is 1.07 bits per heavy atom. The fraction of sp³-hybridized carbons (Fsp3) is 0.100. The Morgan fingerprint density at radius 3 is 2.44 bits per heavy atom. The van der Waals surface area contributed by atoms with Gasteiger partial charge in [-0.15, -0.1) is 11.3 Å². The molecule has 0 fully saturated rings. The first-order valence-corrected chi connectivity index (χ1v) is 9.30. The smallest absolute Gasteiger partial charge is 0.260 e. The van der Waals surface area contributed by atoms with Gasteiger partial charge in [-0.3, -0.25) is 4.79 Å². The number of nitrogens with one attached hydrogen (secondary N) is 1. The zero-order valence-electron chi connectivity index (χ0n) is 14.4. The summed E-state index contributed by atoms with van der Waals surface area (Å²) in [6, 6.07) is 9.05. The van der Waals surface area contributed by atoms with Crippen LogP contribution >= 0.6 is 22.9 Å². The highest BCUT2D eigenvalue weighted by atomic mass is 35.5. The number of hydrogen-bond donors (Lipinski definition) is 1. The molecule has 0 spiro atoms. The van der Waals surface area contributed by atoms with Crippen molar-refractivity contribution in [2.24, 2.45) is 0 Å². The molecule has 0 unspecified atom stereocenters. The maximum absolute atomic E-state index is 14.1. The highest BCUT2D eigenvalue weighted by molar-refractivity contribution is 7.19. The maximum Gasteiger partial charge on any atom is 0.260 e. The minimum Gasteiger partial charge on any atom is -0.306 e. The van der Waals surface area contributed by atoms with Gasteiger partial charge in [0.1, 0.15) is 22.3 Å². The van der Waals surface area contributed by atoms with Crippen molar-refractivity contribution in [1.82, 2.24) is 9.97 Å². The van der Waals surface area contributed by atoms with Crippen LogP contribution in [0.4, 0.5) is 8.78 Å². The zero-order chi connectivity index (χ0) is 19.3. The number of aromatic amines is 1. The van der Waals surface area contributed by atoms with Crippen LogP contribution in [-0.2, 0) is 0 Å². The van der Waals surface area contributed by atoms with E-state index in [-0.39, 0.29) is 11.4 Å². The minimum absolute atomic E-state index is 0.122. The van der Waals surface area contributed by atoms with Crippen molar-refractivity contribution in [1.29, 1.82) is 0 Å². The second-order valence-corrected chi connectivity index (χ2v) is 7.80. The van der Waals surface area contributed by atoms with Crippen molar-refractivity contribution in [2.45, 2.75) is 13.8 Å². The van der Waals surface area contributed by atoms with Crippen LogP contribution in [-0.4, -0.2) is 9.97 Å². The van der Waals surface area contributed by atoms with Crippen LogP contribution < -0.4 is 5.56 Å². The molecule has 136 valence electrons. The number of hydrogen-bond acceptors (Lipinski definition) is 3. The van der Waals surface area contributed by atoms with E-state index in [2.05, 4.69) is 9.97 Å². The average molecular weight is 403 g/mol. The lowest BCUT2D eigenvalue weighted by Crippen LogP contribution is -2.10. The third-order valence-electron chi connectivity index (χ3n) is 4.38. The van der Waals surface area contributed by atoms with Crippen molar-refractivity contribution in [2.75, 3.05) is 0 Å². The lowest BCUT2D eigenvalue weighted by Gasteiger charge is -2.06. The van der Waals surface area contributed by atoms with Crippen molar-refractivity contribution < 1.29 is 8.78 Å². The Balaban J connectivity index is 1.99. The molecular formula is C20H13ClF2N2OS. The van der Waals surface area contributed by atoms with Gasteiger partial charge in [0, 0.05) is 15.5 Å². The number of halogens is 3. The average Bonchev–Trinajstić information content (AvgIpc) is 2.94. The molecule has 0 aliphatic rings. The topological polar surface area (TPSA) is 45.8 Å². The predicted molar refractivity (Wildman–Crippen MR) is 106 cm³/mol. The van der Waals surface area contributed by atoms with Gasteiger partial charge in [-0.1, -0.05) is 23.7 Å². The molecule has 3 nitrogen and oxygen atoms in total. The van der Waals surface area contributed by atoms with E-state index in [9.17, 15) is 13.6 Å². The summed E-state index contributed by atoms with van der Waals surface area (Å²) in [6.07, 6.45) is 0. The van der Waals surface area contributed by atoms with Gasteiger partial charge in [0.25, 0.3) is 5.56 Å². The van der Waals surface area contributed by atoms with E-state index in [0.29, 0.717) is 15.2 Å². The molecule has 0 radical (unpaired) electrons. The van der Waals surface area contributed by atoms with Gasteiger partial charge < -0.3 is 4.98 Å². The van der Waals surface area contributed by atoms with Gasteiger partial charge in [0.15, 0.2) is 0 Å². The molecule has 2 heterocycles. The van der Waals surface area contributed by atoms with Crippen LogP contribution in [0.1, 0.15) is 10.4 Å². The van der Waals surface area contributed by atoms with Gasteiger partial charge in [0.2, 0.25) is 0 Å². The number of nitrogens with zero attached hydrogens (tertiary/aromatic N) is 1. The number of fused-ring (bicyclic) bond motifs is 1. The summed E-state index contributed by atoms with van der Waals surface area (Å²) in [5, 5.41) is 1.04. The molecule has 4 rings (SSSR count). The molecule has 0 aliphatic heterocycles. The lowest BCUT2D eigenvalue weighted by molar-refractivity contribution is 0.587. The van der Waals surface area contributed by atoms with E-state index in [1.807, 2.05) is 26.0 Å². The lowest BCUT2D eigenvalue weighted by atomic mass is 10.0. The summed E-state index contributed by atoms with van der Waals surface area (Å²) in [5.41, 5.74) is 1.71. The van der Waals surface area contributed by atoms with Crippen molar-refractivity contribution in [3.05, 3.63) is 73.8 Å². The van der Waals surface area contributed by atoms with Gasteiger partial charge in [-0.25, -0.2) is 13.8 Å². The standard InChI is InChI=1S/C20H13ClF2N2OS/c1-9-8-11(6-7-12(9)21)15-10(2)27-20-17(15)19(26)24-18(25-20)16-13(22)4-3-5-14(16)23/h3-8H,1-2H3,(H,24,25,26). The van der Waals surface area contributed by atoms with E-state index in [4.69, 9.17) is 11.6 Å². The molecule has 0 aliphatic carbocycles. The van der Waals surface area contributed by atoms with Crippen LogP contribution in [0.3, 0.4) is 0 Å². The molecule has 7 heteroatoms. The highest BCUT2D eigenvalue weighted by Gasteiger charge is 2.20. The summed E-state index contributed by atoms with van der Waals surface area (Å²) >= 11 is 7.41. The van der Waals surface area contributed by atoms with E-state index in [0.717, 1.165) is 33.7 Å². The minimum atomic E-state index is -0.778. The fourth-order valence-corrected chi connectivity index (χ4v) is 4.27. The van der Waals surface area contributed by atoms with Gasteiger partial charge in [-0.2, -0.15) is 0 Å². The number of benzene rings is 2. The Hall–Kier alpha value is -2.57. The molecule has 2 aromatic carbocycles. The summed E-state index contributed by atoms with van der Waals surface area (Å²) in [6.45, 7) is 3.77. The van der Waals surface area contributed by atoms with Crippen LogP contribution in [0, 0.1) is 25.5 Å². The normalized spacial score (nSPS) is 11.3. The monoisotopic (exact) mass is 402 g/mol. The second kappa shape index (κ2) is 6.55. The first kappa shape index (κ1) is 17.8. The number of rotatable bonds is 2. The zero-order valence-corrected chi connectivity index (χ0v) is 15.9. The van der Waals surface area contributed by atoms with Gasteiger partial charge >= 0.3 is 0 Å². The van der Waals surface area contributed by atoms with Gasteiger partial charge in [0.05, 0.1) is 10.9 Å². The molecule has 0 saturated heterocycles. The highest BCUT2D eigenvalue weighted by Crippen LogP contribution is 2.37. The fourth-order valence-electron chi connectivity index (χ4n) is 3.11. The number of aromatic nitrogens is 2. The molecule has 27 heavy (non-hydrogen) atoms. The maximum atomic E-state index is 14.1. The van der Waals surface area contributed by atoms with Gasteiger partial charge in [-0.05, 0) is 49.2 Å². The van der Waals surface area contributed by atoms with E-state index in [1.54, 1.807) is 6.07 Å². The third-order valence-corrected chi connectivity index (χ3v) is 5.81. The van der Waals surface area contributed by atoms with E-state index >= 15 is 0 Å². The third kappa shape index (κ3) is 2.95. The second-order valence-electron chi connectivity index (χ2n) is 6.19. The van der Waals surface area contributed by atoms with Crippen molar-refractivity contribution in [3.63, 3.8) is 0 Å². The molecule has 2 aromatic heterocycles. The molecular weight excluding hydrogens is 390 g/mol. The Morgan fingerprint density at radius 2 is 1.78 bits per heavy atom. The summed E-state index contributed by atoms with van der Waals surface area (Å²) < 4.78 is 28.2. The van der Waals surface area contributed by atoms with E-state index in [1.165, 1.54) is 17.4 Å². The molecule has 0 saturated carbocycles. The van der Waals surface area contributed by atoms with Crippen LogP contribution in [0.25, 0.3) is 32.7 Å².